The third kappa shape index (κ3) is 9.18. The first-order valence-corrected chi connectivity index (χ1v) is 0. The molecule has 0 saturated heterocycles. The molecule has 0 bridgehead atoms. The smallest absolute Gasteiger partial charge is 0 e. The predicted molar refractivity (Wildman–Crippen MR) is 17.6 cm³/mol. The van der Waals surface area contributed by atoms with Crippen molar-refractivity contribution in [2.45, 2.75) is 0 Å². The van der Waals surface area contributed by atoms with Gasteiger partial charge in [-0.2, -0.15) is 0 Å². The molecule has 31 valence electrons. The molecule has 4 heavy (non-hydrogen) atoms. The van der Waals surface area contributed by atoms with Gasteiger partial charge in [-0.1, -0.05) is 0 Å². The monoisotopic (exact) mass is 227 g/mol. The van der Waals surface area contributed by atoms with Crippen LogP contribution in [0.15, 0.2) is 0 Å². The minimum absolute atomic E-state index is 0. The molecule has 0 aliphatic heterocycles. The maximum absolute atomic E-state index is 0. The molecule has 0 rings (SSSR count). The van der Waals surface area contributed by atoms with Crippen molar-refractivity contribution < 1.29 is 34.1 Å². The number of hydrogen-bond acceptors (Lipinski definition) is 0. The van der Waals surface area contributed by atoms with Gasteiger partial charge in [-0.05, 0) is 0 Å². The van der Waals surface area contributed by atoms with Crippen LogP contribution in [0.5, 0.6) is 0 Å². The quantitative estimate of drug-likeness (QED) is 0.542. The van der Waals surface area contributed by atoms with Gasteiger partial charge in [0.05, 0.1) is 0 Å². The molecule has 0 aliphatic rings. The maximum Gasteiger partial charge on any atom is 0 e. The third-order valence-electron chi connectivity index (χ3n) is 0. The SMILES string of the molecule is Br.Cl.[Fe].[Mn]. The molecule has 0 saturated carbocycles. The van der Waals surface area contributed by atoms with Crippen molar-refractivity contribution in [3.63, 3.8) is 0 Å². The van der Waals surface area contributed by atoms with Crippen molar-refractivity contribution in [2.75, 3.05) is 0 Å². The van der Waals surface area contributed by atoms with Gasteiger partial charge in [0.2, 0.25) is 0 Å². The van der Waals surface area contributed by atoms with Gasteiger partial charge in [0.1, 0.15) is 0 Å². The largest absolute Gasteiger partial charge is 0.147 e. The molecule has 0 N–H and O–H groups in total. The molecule has 4 heteroatoms. The molecule has 0 unspecified atom stereocenters. The second-order valence-electron chi connectivity index (χ2n) is 0. The van der Waals surface area contributed by atoms with Gasteiger partial charge in [-0.15, -0.1) is 29.4 Å². The molecule has 0 amide bonds. The van der Waals surface area contributed by atoms with E-state index in [0.717, 1.165) is 0 Å². The van der Waals surface area contributed by atoms with Crippen LogP contribution in [0.4, 0.5) is 0 Å². The summed E-state index contributed by atoms with van der Waals surface area (Å²) in [5.74, 6) is 0. The van der Waals surface area contributed by atoms with E-state index in [1.807, 2.05) is 0 Å². The Hall–Kier alpha value is 1.81. The van der Waals surface area contributed by atoms with Crippen molar-refractivity contribution in [2.24, 2.45) is 0 Å². The van der Waals surface area contributed by atoms with Gasteiger partial charge in [-0.25, -0.2) is 0 Å². The second kappa shape index (κ2) is 21.3. The zero-order valence-electron chi connectivity index (χ0n) is 1.55. The van der Waals surface area contributed by atoms with Gasteiger partial charge >= 0.3 is 0 Å². The first kappa shape index (κ1) is 41.1. The number of halogens is 2. The van der Waals surface area contributed by atoms with E-state index >= 15 is 0 Å². The van der Waals surface area contributed by atoms with E-state index in [0.29, 0.717) is 0 Å². The van der Waals surface area contributed by atoms with Gasteiger partial charge < -0.3 is 0 Å². The van der Waals surface area contributed by atoms with Crippen LogP contribution in [0.25, 0.3) is 0 Å². The van der Waals surface area contributed by atoms with Crippen molar-refractivity contribution in [3.8, 4) is 0 Å². The summed E-state index contributed by atoms with van der Waals surface area (Å²) in [7, 11) is 0. The number of rotatable bonds is 0. The van der Waals surface area contributed by atoms with Crippen LogP contribution in [0.1, 0.15) is 0 Å². The van der Waals surface area contributed by atoms with Crippen LogP contribution in [0.2, 0.25) is 0 Å². The van der Waals surface area contributed by atoms with Gasteiger partial charge in [0.15, 0.2) is 0 Å². The van der Waals surface area contributed by atoms with Crippen LogP contribution in [0, 0.1) is 0 Å². The van der Waals surface area contributed by atoms with E-state index in [1.165, 1.54) is 0 Å². The first-order chi connectivity index (χ1) is 0. The predicted octanol–water partition coefficient (Wildman–Crippen LogP) is 0.995. The molecule has 0 aromatic heterocycles. The Bertz CT molecular complexity index is 8.00. The maximum atomic E-state index is 0. The number of hydrogen-bond donors (Lipinski definition) is 0. The van der Waals surface area contributed by atoms with Crippen LogP contribution in [-0.2, 0) is 34.1 Å². The molecule has 0 aliphatic carbocycles. The van der Waals surface area contributed by atoms with Crippen molar-refractivity contribution >= 4 is 29.4 Å². The molecule has 0 fully saturated rings. The Morgan fingerprint density at radius 1 is 1.00 bits per heavy atom. The molecule has 0 aromatic rings. The molecular formula is H2BrClFeMn. The zero-order valence-corrected chi connectivity index (χ0v) is 6.36. The molecular weight excluding hydrogens is 226 g/mol. The summed E-state index contributed by atoms with van der Waals surface area (Å²) in [6.07, 6.45) is 0. The first-order valence-electron chi connectivity index (χ1n) is 0. The molecule has 0 atom stereocenters. The van der Waals surface area contributed by atoms with Crippen LogP contribution in [-0.4, -0.2) is 0 Å². The summed E-state index contributed by atoms with van der Waals surface area (Å²) in [6.45, 7) is 0. The third-order valence-corrected chi connectivity index (χ3v) is 0. The summed E-state index contributed by atoms with van der Waals surface area (Å²) < 4.78 is 0. The summed E-state index contributed by atoms with van der Waals surface area (Å²) in [4.78, 5) is 0. The van der Waals surface area contributed by atoms with Crippen molar-refractivity contribution in [1.82, 2.24) is 0 Å². The Morgan fingerprint density at radius 2 is 1.00 bits per heavy atom. The standard InChI is InChI=1S/BrH.ClH.Fe.Mn/h2*1H;;. The molecule has 0 spiro atoms. The summed E-state index contributed by atoms with van der Waals surface area (Å²) in [5.41, 5.74) is 0. The Labute approximate surface area is 63.2 Å². The van der Waals surface area contributed by atoms with Gasteiger partial charge in [0, 0.05) is 34.1 Å². The van der Waals surface area contributed by atoms with E-state index < -0.39 is 0 Å². The van der Waals surface area contributed by atoms with E-state index in [2.05, 4.69) is 0 Å². The van der Waals surface area contributed by atoms with Gasteiger partial charge in [-0.3, -0.25) is 0 Å². The minimum Gasteiger partial charge on any atom is -0.147 e. The second-order valence-corrected chi connectivity index (χ2v) is 0. The Balaban J connectivity index is 0. The minimum atomic E-state index is 0. The summed E-state index contributed by atoms with van der Waals surface area (Å²) in [6, 6.07) is 0. The molecule has 0 heterocycles. The normalized spacial score (nSPS) is 0. The topological polar surface area (TPSA) is 0 Å². The zero-order chi connectivity index (χ0) is 0. The Kier molecular flexibility index (Phi) is 219. The van der Waals surface area contributed by atoms with E-state index in [4.69, 9.17) is 0 Å². The fourth-order valence-electron chi connectivity index (χ4n) is 0. The van der Waals surface area contributed by atoms with E-state index in [-0.39, 0.29) is 63.5 Å². The molecule has 0 nitrogen and oxygen atoms in total. The summed E-state index contributed by atoms with van der Waals surface area (Å²) in [5, 5.41) is 0. The fraction of sp³-hybridized carbons (Fsp3) is 0. The van der Waals surface area contributed by atoms with Crippen LogP contribution < -0.4 is 0 Å². The van der Waals surface area contributed by atoms with Crippen LogP contribution in [0.3, 0.4) is 0 Å². The average molecular weight is 228 g/mol. The molecule has 1 radical (unpaired) electrons. The van der Waals surface area contributed by atoms with E-state index in [9.17, 15) is 0 Å². The van der Waals surface area contributed by atoms with E-state index in [1.54, 1.807) is 0 Å². The van der Waals surface area contributed by atoms with Gasteiger partial charge in [0.25, 0.3) is 0 Å². The Morgan fingerprint density at radius 3 is 1.00 bits per heavy atom. The molecule has 0 aromatic carbocycles. The van der Waals surface area contributed by atoms with Crippen molar-refractivity contribution in [1.29, 1.82) is 0 Å². The average Bonchev–Trinajstić information content (AvgIpc) is 0. The van der Waals surface area contributed by atoms with Crippen LogP contribution >= 0.6 is 29.4 Å². The fourth-order valence-corrected chi connectivity index (χ4v) is 0. The summed E-state index contributed by atoms with van der Waals surface area (Å²) >= 11 is 0. The van der Waals surface area contributed by atoms with Crippen molar-refractivity contribution in [3.05, 3.63) is 0 Å².